The Bertz CT molecular complexity index is 1570. The van der Waals surface area contributed by atoms with Gasteiger partial charge in [-0.15, -0.1) is 0 Å². The molecule has 3 aromatic carbocycles. The zero-order valence-corrected chi connectivity index (χ0v) is 20.0. The quantitative estimate of drug-likeness (QED) is 0.314. The van der Waals surface area contributed by atoms with Crippen molar-refractivity contribution in [1.82, 2.24) is 9.55 Å². The number of para-hydroxylation sites is 3. The summed E-state index contributed by atoms with van der Waals surface area (Å²) in [5, 5.41) is 0. The molecule has 1 atom stereocenters. The van der Waals surface area contributed by atoms with Crippen molar-refractivity contribution in [2.45, 2.75) is 37.2 Å². The monoisotopic (exact) mass is 491 g/mol. The Balaban J connectivity index is 1.27. The SMILES string of the molecule is CC1Cc2ccccc2N1S(=O)(=O)c1cccc(C(=O)OCCCn2c(=O)[nH]c3ccccc32)c1. The fourth-order valence-electron chi connectivity index (χ4n) is 4.60. The van der Waals surface area contributed by atoms with E-state index in [1.54, 1.807) is 16.7 Å². The molecule has 1 N–H and O–H groups in total. The lowest BCUT2D eigenvalue weighted by Crippen LogP contribution is -2.35. The van der Waals surface area contributed by atoms with Crippen LogP contribution in [0.15, 0.2) is 82.5 Å². The van der Waals surface area contributed by atoms with E-state index in [4.69, 9.17) is 4.74 Å². The lowest BCUT2D eigenvalue weighted by atomic mass is 10.1. The predicted molar refractivity (Wildman–Crippen MR) is 133 cm³/mol. The Hall–Kier alpha value is -3.85. The third-order valence-corrected chi connectivity index (χ3v) is 8.14. The molecule has 5 rings (SSSR count). The summed E-state index contributed by atoms with van der Waals surface area (Å²) in [6, 6.07) is 20.5. The van der Waals surface area contributed by atoms with Crippen molar-refractivity contribution in [3.05, 3.63) is 94.4 Å². The van der Waals surface area contributed by atoms with E-state index in [0.717, 1.165) is 16.6 Å². The van der Waals surface area contributed by atoms with Crippen molar-refractivity contribution < 1.29 is 17.9 Å². The number of anilines is 1. The molecule has 9 heteroatoms. The zero-order valence-electron chi connectivity index (χ0n) is 19.2. The largest absolute Gasteiger partial charge is 0.462 e. The van der Waals surface area contributed by atoms with Gasteiger partial charge in [0.25, 0.3) is 10.0 Å². The third-order valence-electron chi connectivity index (χ3n) is 6.21. The number of hydrogen-bond acceptors (Lipinski definition) is 5. The summed E-state index contributed by atoms with van der Waals surface area (Å²) in [4.78, 5) is 27.6. The number of nitrogens with one attached hydrogen (secondary N) is 1. The Kier molecular flexibility index (Phi) is 5.94. The Morgan fingerprint density at radius 2 is 1.83 bits per heavy atom. The van der Waals surface area contributed by atoms with Crippen LogP contribution < -0.4 is 9.99 Å². The Morgan fingerprint density at radius 1 is 1.06 bits per heavy atom. The van der Waals surface area contributed by atoms with Crippen molar-refractivity contribution >= 4 is 32.7 Å². The summed E-state index contributed by atoms with van der Waals surface area (Å²) in [7, 11) is -3.85. The van der Waals surface area contributed by atoms with Crippen LogP contribution in [0.3, 0.4) is 0 Å². The number of aryl methyl sites for hydroxylation is 1. The first-order chi connectivity index (χ1) is 16.9. The molecular weight excluding hydrogens is 466 g/mol. The van der Waals surface area contributed by atoms with Crippen LogP contribution in [0, 0.1) is 0 Å². The highest BCUT2D eigenvalue weighted by atomic mass is 32.2. The van der Waals surface area contributed by atoms with Crippen LogP contribution in [-0.2, 0) is 27.7 Å². The minimum Gasteiger partial charge on any atom is -0.462 e. The fraction of sp³-hybridized carbons (Fsp3) is 0.231. The molecule has 0 amide bonds. The molecule has 0 aliphatic carbocycles. The van der Waals surface area contributed by atoms with E-state index >= 15 is 0 Å². The van der Waals surface area contributed by atoms with Gasteiger partial charge in [-0.25, -0.2) is 18.0 Å². The smallest absolute Gasteiger partial charge is 0.338 e. The number of esters is 1. The van der Waals surface area contributed by atoms with Gasteiger partial charge in [-0.2, -0.15) is 0 Å². The number of fused-ring (bicyclic) bond motifs is 2. The number of sulfonamides is 1. The molecule has 0 radical (unpaired) electrons. The van der Waals surface area contributed by atoms with Gasteiger partial charge in [0.05, 0.1) is 33.8 Å². The normalized spacial score (nSPS) is 15.3. The van der Waals surface area contributed by atoms with Crippen LogP contribution in [0.1, 0.15) is 29.3 Å². The zero-order chi connectivity index (χ0) is 24.6. The molecule has 1 unspecified atom stereocenters. The first-order valence-corrected chi connectivity index (χ1v) is 12.9. The average molecular weight is 492 g/mol. The molecule has 0 saturated heterocycles. The van der Waals surface area contributed by atoms with E-state index in [2.05, 4.69) is 4.98 Å². The molecule has 8 nitrogen and oxygen atoms in total. The molecule has 4 aromatic rings. The van der Waals surface area contributed by atoms with Gasteiger partial charge < -0.3 is 9.72 Å². The number of aromatic nitrogens is 2. The van der Waals surface area contributed by atoms with Gasteiger partial charge in [0, 0.05) is 12.6 Å². The van der Waals surface area contributed by atoms with Crippen molar-refractivity contribution in [2.24, 2.45) is 0 Å². The topological polar surface area (TPSA) is 101 Å². The number of hydrogen-bond donors (Lipinski definition) is 1. The van der Waals surface area contributed by atoms with Gasteiger partial charge in [-0.1, -0.05) is 36.4 Å². The second kappa shape index (κ2) is 9.07. The van der Waals surface area contributed by atoms with Crippen molar-refractivity contribution in [1.29, 1.82) is 0 Å². The molecule has 180 valence electrons. The van der Waals surface area contributed by atoms with Crippen molar-refractivity contribution in [3.8, 4) is 0 Å². The number of nitrogens with zero attached hydrogens (tertiary/aromatic N) is 2. The minimum absolute atomic E-state index is 0.0425. The molecule has 1 aromatic heterocycles. The van der Waals surface area contributed by atoms with Crippen LogP contribution in [0.4, 0.5) is 5.69 Å². The van der Waals surface area contributed by atoms with Gasteiger partial charge in [0.2, 0.25) is 0 Å². The standard InChI is InChI=1S/C26H25N3O5S/c1-18-16-19-8-2-4-12-23(19)29(18)35(32,33)21-10-6-9-20(17-21)25(30)34-15-7-14-28-24-13-5-3-11-22(24)27-26(28)31/h2-6,8-13,17-18H,7,14-16H2,1H3,(H,27,31). The molecule has 0 fully saturated rings. The lowest BCUT2D eigenvalue weighted by Gasteiger charge is -2.24. The molecule has 1 aliphatic heterocycles. The molecule has 35 heavy (non-hydrogen) atoms. The van der Waals surface area contributed by atoms with Gasteiger partial charge in [0.1, 0.15) is 0 Å². The molecular formula is C26H25N3O5S. The highest BCUT2D eigenvalue weighted by molar-refractivity contribution is 7.92. The number of imidazole rings is 1. The van der Waals surface area contributed by atoms with Gasteiger partial charge in [-0.3, -0.25) is 8.87 Å². The first kappa shape index (κ1) is 22.9. The van der Waals surface area contributed by atoms with Crippen LogP contribution in [-0.4, -0.2) is 36.6 Å². The second-order valence-electron chi connectivity index (χ2n) is 8.60. The molecule has 0 spiro atoms. The van der Waals surface area contributed by atoms with Crippen LogP contribution in [0.25, 0.3) is 11.0 Å². The number of aromatic amines is 1. The second-order valence-corrected chi connectivity index (χ2v) is 10.4. The lowest BCUT2D eigenvalue weighted by molar-refractivity contribution is 0.0496. The van der Waals surface area contributed by atoms with Gasteiger partial charge >= 0.3 is 11.7 Å². The first-order valence-electron chi connectivity index (χ1n) is 11.4. The third kappa shape index (κ3) is 4.23. The molecule has 2 heterocycles. The summed E-state index contributed by atoms with van der Waals surface area (Å²) in [6.07, 6.45) is 1.07. The van der Waals surface area contributed by atoms with E-state index in [0.29, 0.717) is 25.1 Å². The van der Waals surface area contributed by atoms with Gasteiger partial charge in [-0.05, 0) is 61.7 Å². The minimum atomic E-state index is -3.85. The molecule has 0 bridgehead atoms. The maximum absolute atomic E-state index is 13.5. The summed E-state index contributed by atoms with van der Waals surface area (Å²) in [5.74, 6) is -0.608. The van der Waals surface area contributed by atoms with Gasteiger partial charge in [0.15, 0.2) is 0 Å². The number of H-pyrrole nitrogens is 1. The van der Waals surface area contributed by atoms with E-state index < -0.39 is 16.0 Å². The highest BCUT2D eigenvalue weighted by Crippen LogP contribution is 2.36. The van der Waals surface area contributed by atoms with Crippen molar-refractivity contribution in [3.63, 3.8) is 0 Å². The number of carbonyl (C=O) groups excluding carboxylic acids is 1. The number of benzene rings is 3. The number of ether oxygens (including phenoxy) is 1. The Labute approximate surface area is 202 Å². The summed E-state index contributed by atoms with van der Waals surface area (Å²) >= 11 is 0. The maximum atomic E-state index is 13.5. The summed E-state index contributed by atoms with van der Waals surface area (Å²) in [5.41, 5.74) is 3.14. The van der Waals surface area contributed by atoms with E-state index in [1.807, 2.05) is 49.4 Å². The average Bonchev–Trinajstić information content (AvgIpc) is 3.37. The maximum Gasteiger partial charge on any atom is 0.338 e. The molecule has 1 aliphatic rings. The number of rotatable bonds is 7. The van der Waals surface area contributed by atoms with Crippen LogP contribution >= 0.6 is 0 Å². The fourth-order valence-corrected chi connectivity index (χ4v) is 6.34. The highest BCUT2D eigenvalue weighted by Gasteiger charge is 2.36. The summed E-state index contributed by atoms with van der Waals surface area (Å²) < 4.78 is 35.3. The molecule has 0 saturated carbocycles. The predicted octanol–water partition coefficient (Wildman–Crippen LogP) is 3.72. The summed E-state index contributed by atoms with van der Waals surface area (Å²) in [6.45, 7) is 2.35. The van der Waals surface area contributed by atoms with Crippen molar-refractivity contribution in [2.75, 3.05) is 10.9 Å². The van der Waals surface area contributed by atoms with E-state index in [9.17, 15) is 18.0 Å². The van der Waals surface area contributed by atoms with E-state index in [-0.39, 0.29) is 28.8 Å². The van der Waals surface area contributed by atoms with Crippen LogP contribution in [0.5, 0.6) is 0 Å². The Morgan fingerprint density at radius 3 is 2.69 bits per heavy atom. The van der Waals surface area contributed by atoms with Crippen LogP contribution in [0.2, 0.25) is 0 Å². The van der Waals surface area contributed by atoms with E-state index in [1.165, 1.54) is 22.5 Å². The number of carbonyl (C=O) groups is 1.